The second kappa shape index (κ2) is 15.0. The van der Waals surface area contributed by atoms with Crippen molar-refractivity contribution in [1.82, 2.24) is 20.9 Å². The zero-order chi connectivity index (χ0) is 31.2. The fraction of sp³-hybridized carbons (Fsp3) is 0.355. The molecule has 3 aromatic rings. The summed E-state index contributed by atoms with van der Waals surface area (Å²) >= 11 is 0. The van der Waals surface area contributed by atoms with Gasteiger partial charge in [0.1, 0.15) is 0 Å². The van der Waals surface area contributed by atoms with Crippen LogP contribution in [0, 0.1) is 10.1 Å². The minimum Gasteiger partial charge on any atom is -0.351 e. The van der Waals surface area contributed by atoms with Gasteiger partial charge in [-0.2, -0.15) is 0 Å². The van der Waals surface area contributed by atoms with E-state index in [1.165, 1.54) is 30.7 Å². The quantitative estimate of drug-likeness (QED) is 0.100. The Morgan fingerprint density at radius 3 is 2.18 bits per heavy atom. The number of nitro benzene ring substituents is 1. The maximum absolute atomic E-state index is 13.8. The van der Waals surface area contributed by atoms with Crippen LogP contribution in [0.2, 0.25) is 0 Å². The number of imide groups is 1. The number of nitrogens with zero attached hydrogens (tertiary/aromatic N) is 3. The summed E-state index contributed by atoms with van der Waals surface area (Å²) in [6, 6.07) is 11.4. The van der Waals surface area contributed by atoms with Crippen LogP contribution in [-0.2, 0) is 0 Å². The first-order valence-electron chi connectivity index (χ1n) is 14.7. The van der Waals surface area contributed by atoms with Gasteiger partial charge in [0.15, 0.2) is 0 Å². The van der Waals surface area contributed by atoms with E-state index in [-0.39, 0.29) is 52.6 Å². The third-order valence-electron chi connectivity index (χ3n) is 7.81. The molecule has 45 heavy (non-hydrogen) atoms. The van der Waals surface area contributed by atoms with Crippen molar-refractivity contribution in [3.05, 3.63) is 80.9 Å². The number of halogens is 1. The normalized spacial score (nSPS) is 14.6. The molecule has 2 aliphatic heterocycles. The van der Waals surface area contributed by atoms with E-state index >= 15 is 0 Å². The molecule has 14 heteroatoms. The van der Waals surface area contributed by atoms with Crippen LogP contribution in [0.1, 0.15) is 60.7 Å². The Hall–Kier alpha value is -4.43. The average Bonchev–Trinajstić information content (AvgIpc) is 3.03. The van der Waals surface area contributed by atoms with Crippen LogP contribution < -0.4 is 26.6 Å². The van der Waals surface area contributed by atoms with Gasteiger partial charge >= 0.3 is 0 Å². The number of rotatable bonds is 12. The molecule has 2 heterocycles. The van der Waals surface area contributed by atoms with Crippen molar-refractivity contribution in [1.29, 1.82) is 0 Å². The number of nitrogens with two attached hydrogens (primary N) is 1. The number of hydrogen-bond donors (Lipinski definition) is 4. The summed E-state index contributed by atoms with van der Waals surface area (Å²) in [6.07, 6.45) is 3.44. The van der Waals surface area contributed by atoms with Gasteiger partial charge in [-0.15, -0.1) is 12.4 Å². The Morgan fingerprint density at radius 2 is 1.51 bits per heavy atom. The van der Waals surface area contributed by atoms with Gasteiger partial charge < -0.3 is 26.6 Å². The lowest BCUT2D eigenvalue weighted by atomic mass is 9.92. The number of piperidine rings is 1. The van der Waals surface area contributed by atoms with Crippen LogP contribution in [0.4, 0.5) is 11.4 Å². The molecule has 0 saturated carbocycles. The molecule has 2 aliphatic rings. The van der Waals surface area contributed by atoms with Crippen LogP contribution >= 0.6 is 12.4 Å². The van der Waals surface area contributed by atoms with E-state index in [1.54, 1.807) is 18.2 Å². The Labute approximate surface area is 266 Å². The zero-order valence-corrected chi connectivity index (χ0v) is 25.5. The Balaban J connectivity index is 0.00000461. The number of nitro groups is 1. The van der Waals surface area contributed by atoms with Crippen LogP contribution in [0.3, 0.4) is 0 Å². The van der Waals surface area contributed by atoms with Crippen LogP contribution in [0.15, 0.2) is 48.5 Å². The lowest BCUT2D eigenvalue weighted by molar-refractivity contribution is -0.384. The molecule has 3 aromatic carbocycles. The predicted molar refractivity (Wildman–Crippen MR) is 172 cm³/mol. The molecule has 0 aromatic heterocycles. The van der Waals surface area contributed by atoms with Crippen molar-refractivity contribution in [2.75, 3.05) is 57.3 Å². The maximum atomic E-state index is 13.8. The standard InChI is InChI=1S/C31H35N7O6.ClH/c32-7-8-33-9-10-34-28(39)21-15-22(29(40)35-11-14-36-12-2-1-3-13-36)18-23(17-21)37-30(41)25-6-4-5-20-16-24(38(43)44)19-26(27(20)25)31(37)42;/h4-6,15-19,33H,1-3,7-14,32H2,(H,34,39)(H,35,40);1H. The average molecular weight is 638 g/mol. The summed E-state index contributed by atoms with van der Waals surface area (Å²) in [5.41, 5.74) is 5.53. The molecule has 4 amide bonds. The highest BCUT2D eigenvalue weighted by Gasteiger charge is 2.36. The molecular weight excluding hydrogens is 602 g/mol. The topological polar surface area (TPSA) is 180 Å². The second-order valence-electron chi connectivity index (χ2n) is 10.8. The van der Waals surface area contributed by atoms with Crippen LogP contribution in [-0.4, -0.2) is 85.8 Å². The number of likely N-dealkylation sites (tertiary alicyclic amines) is 1. The van der Waals surface area contributed by atoms with Gasteiger partial charge in [-0.25, -0.2) is 4.90 Å². The summed E-state index contributed by atoms with van der Waals surface area (Å²) in [7, 11) is 0. The number of carbonyl (C=O) groups excluding carboxylic acids is 4. The monoisotopic (exact) mass is 637 g/mol. The molecule has 0 aliphatic carbocycles. The molecule has 1 fully saturated rings. The number of non-ortho nitro benzene ring substituents is 1. The van der Waals surface area contributed by atoms with E-state index in [0.29, 0.717) is 43.5 Å². The minimum absolute atomic E-state index is 0. The largest absolute Gasteiger partial charge is 0.351 e. The van der Waals surface area contributed by atoms with Gasteiger partial charge in [0.25, 0.3) is 29.3 Å². The Morgan fingerprint density at radius 1 is 0.844 bits per heavy atom. The van der Waals surface area contributed by atoms with Crippen LogP contribution in [0.25, 0.3) is 10.8 Å². The fourth-order valence-electron chi connectivity index (χ4n) is 5.64. The first-order chi connectivity index (χ1) is 21.3. The third-order valence-corrected chi connectivity index (χ3v) is 7.81. The molecule has 0 unspecified atom stereocenters. The van der Waals surface area contributed by atoms with Gasteiger partial charge in [0.05, 0.1) is 16.2 Å². The van der Waals surface area contributed by atoms with Crippen molar-refractivity contribution >= 4 is 58.2 Å². The van der Waals surface area contributed by atoms with Crippen molar-refractivity contribution < 1.29 is 24.1 Å². The molecule has 0 radical (unpaired) electrons. The molecule has 5 N–H and O–H groups in total. The zero-order valence-electron chi connectivity index (χ0n) is 24.7. The highest BCUT2D eigenvalue weighted by molar-refractivity contribution is 6.36. The first-order valence-corrected chi connectivity index (χ1v) is 14.7. The van der Waals surface area contributed by atoms with E-state index in [9.17, 15) is 29.3 Å². The SMILES string of the molecule is Cl.NCCNCCNC(=O)c1cc(C(=O)NCCN2CCCCC2)cc(N2C(=O)c3cccc4cc([N+](=O)[O-])cc(c34)C2=O)c1. The molecule has 0 bridgehead atoms. The number of carbonyl (C=O) groups is 4. The predicted octanol–water partition coefficient (Wildman–Crippen LogP) is 2.46. The summed E-state index contributed by atoms with van der Waals surface area (Å²) < 4.78 is 0. The van der Waals surface area contributed by atoms with E-state index in [1.807, 2.05) is 0 Å². The number of amides is 4. The third kappa shape index (κ3) is 7.45. The molecule has 13 nitrogen and oxygen atoms in total. The van der Waals surface area contributed by atoms with Gasteiger partial charge in [-0.1, -0.05) is 18.6 Å². The van der Waals surface area contributed by atoms with E-state index < -0.39 is 28.6 Å². The summed E-state index contributed by atoms with van der Waals surface area (Å²) in [4.78, 5) is 68.2. The van der Waals surface area contributed by atoms with Gasteiger partial charge in [0, 0.05) is 73.5 Å². The Kier molecular flexibility index (Phi) is 11.2. The molecule has 1 saturated heterocycles. The lowest BCUT2D eigenvalue weighted by Crippen LogP contribution is -2.41. The van der Waals surface area contributed by atoms with Crippen molar-refractivity contribution in [3.63, 3.8) is 0 Å². The second-order valence-corrected chi connectivity index (χ2v) is 10.8. The fourth-order valence-corrected chi connectivity index (χ4v) is 5.64. The Bertz CT molecular complexity index is 1630. The number of anilines is 1. The lowest BCUT2D eigenvalue weighted by Gasteiger charge is -2.28. The molecule has 0 spiro atoms. The van der Waals surface area contributed by atoms with E-state index in [4.69, 9.17) is 5.73 Å². The first kappa shape index (κ1) is 33.5. The highest BCUT2D eigenvalue weighted by atomic mass is 35.5. The van der Waals surface area contributed by atoms with Gasteiger partial charge in [0.2, 0.25) is 0 Å². The van der Waals surface area contributed by atoms with Crippen molar-refractivity contribution in [2.45, 2.75) is 19.3 Å². The number of benzene rings is 3. The smallest absolute Gasteiger partial charge is 0.270 e. The van der Waals surface area contributed by atoms with Gasteiger partial charge in [-0.3, -0.25) is 29.3 Å². The molecule has 238 valence electrons. The minimum atomic E-state index is -0.789. The number of hydrogen-bond acceptors (Lipinski definition) is 9. The van der Waals surface area contributed by atoms with Crippen LogP contribution in [0.5, 0.6) is 0 Å². The molecule has 5 rings (SSSR count). The maximum Gasteiger partial charge on any atom is 0.270 e. The molecular formula is C31H36ClN7O6. The summed E-state index contributed by atoms with van der Waals surface area (Å²) in [6.45, 7) is 4.79. The highest BCUT2D eigenvalue weighted by Crippen LogP contribution is 2.36. The van der Waals surface area contributed by atoms with Crippen molar-refractivity contribution in [3.8, 4) is 0 Å². The van der Waals surface area contributed by atoms with E-state index in [0.717, 1.165) is 36.9 Å². The van der Waals surface area contributed by atoms with Crippen molar-refractivity contribution in [2.24, 2.45) is 5.73 Å². The van der Waals surface area contributed by atoms with Gasteiger partial charge in [-0.05, 0) is 55.6 Å². The number of nitrogens with one attached hydrogen (secondary N) is 3. The van der Waals surface area contributed by atoms with E-state index in [2.05, 4.69) is 20.9 Å². The molecule has 0 atom stereocenters. The summed E-state index contributed by atoms with van der Waals surface area (Å²) in [5, 5.41) is 21.1. The summed E-state index contributed by atoms with van der Waals surface area (Å²) in [5.74, 6) is -2.42.